The van der Waals surface area contributed by atoms with Crippen LogP contribution in [-0.2, 0) is 25.1 Å². The molecule has 0 saturated heterocycles. The molecule has 2 rings (SSSR count). The number of rotatable bonds is 6. The van der Waals surface area contributed by atoms with E-state index in [-0.39, 0.29) is 11.3 Å². The Kier molecular flexibility index (Phi) is 6.39. The van der Waals surface area contributed by atoms with Gasteiger partial charge in [0.2, 0.25) is 0 Å². The van der Waals surface area contributed by atoms with E-state index in [9.17, 15) is 18.0 Å². The molecule has 138 valence electrons. The minimum atomic E-state index is -3.22. The lowest BCUT2D eigenvalue weighted by Crippen LogP contribution is -2.30. The summed E-state index contributed by atoms with van der Waals surface area (Å²) >= 11 is 5.78. The first-order valence-corrected chi connectivity index (χ1v) is 10.1. The first kappa shape index (κ1) is 19.9. The molecule has 0 bridgehead atoms. The number of esters is 1. The highest BCUT2D eigenvalue weighted by Gasteiger charge is 2.19. The zero-order chi connectivity index (χ0) is 19.3. The summed E-state index contributed by atoms with van der Waals surface area (Å²) in [5.41, 5.74) is 1.18. The Morgan fingerprint density at radius 1 is 1.15 bits per heavy atom. The second kappa shape index (κ2) is 8.33. The van der Waals surface area contributed by atoms with Crippen LogP contribution < -0.4 is 5.32 Å². The molecule has 0 aromatic heterocycles. The maximum absolute atomic E-state index is 12.2. The van der Waals surface area contributed by atoms with Gasteiger partial charge in [0, 0.05) is 17.0 Å². The van der Waals surface area contributed by atoms with Gasteiger partial charge >= 0.3 is 5.97 Å². The number of benzene rings is 2. The lowest BCUT2D eigenvalue weighted by atomic mass is 10.1. The topological polar surface area (TPSA) is 89.5 Å². The Morgan fingerprint density at radius 2 is 1.81 bits per heavy atom. The number of anilines is 1. The highest BCUT2D eigenvalue weighted by atomic mass is 35.5. The number of hydrogen-bond donors (Lipinski definition) is 1. The molecule has 0 heterocycles. The van der Waals surface area contributed by atoms with E-state index < -0.39 is 27.8 Å². The number of sulfone groups is 1. The maximum atomic E-state index is 12.2. The summed E-state index contributed by atoms with van der Waals surface area (Å²) in [4.78, 5) is 24.3. The molecular weight excluding hydrogens is 378 g/mol. The van der Waals surface area contributed by atoms with Crippen molar-refractivity contribution in [2.45, 2.75) is 18.8 Å². The second-order valence-corrected chi connectivity index (χ2v) is 8.39. The molecule has 8 heteroatoms. The van der Waals surface area contributed by atoms with E-state index in [1.165, 1.54) is 19.1 Å². The molecule has 1 atom stereocenters. The van der Waals surface area contributed by atoms with E-state index in [0.717, 1.165) is 6.26 Å². The molecule has 0 saturated carbocycles. The maximum Gasteiger partial charge on any atom is 0.338 e. The lowest BCUT2D eigenvalue weighted by molar-refractivity contribution is -0.123. The first-order valence-electron chi connectivity index (χ1n) is 7.68. The highest BCUT2D eigenvalue weighted by Crippen LogP contribution is 2.15. The van der Waals surface area contributed by atoms with Gasteiger partial charge in [0.05, 0.1) is 11.3 Å². The zero-order valence-electron chi connectivity index (χ0n) is 14.2. The van der Waals surface area contributed by atoms with E-state index in [4.69, 9.17) is 16.3 Å². The fourth-order valence-electron chi connectivity index (χ4n) is 2.15. The number of halogens is 1. The van der Waals surface area contributed by atoms with Crippen LogP contribution in [0, 0.1) is 0 Å². The molecule has 2 aromatic carbocycles. The van der Waals surface area contributed by atoms with Crippen molar-refractivity contribution in [1.82, 2.24) is 0 Å². The molecule has 6 nitrogen and oxygen atoms in total. The summed E-state index contributed by atoms with van der Waals surface area (Å²) in [6.45, 7) is 1.45. The molecule has 0 radical (unpaired) electrons. The van der Waals surface area contributed by atoms with Gasteiger partial charge in [0.15, 0.2) is 15.9 Å². The van der Waals surface area contributed by atoms with E-state index >= 15 is 0 Å². The summed E-state index contributed by atoms with van der Waals surface area (Å²) in [6, 6.07) is 12.6. The van der Waals surface area contributed by atoms with Crippen LogP contribution in [-0.4, -0.2) is 32.7 Å². The summed E-state index contributed by atoms with van der Waals surface area (Å²) < 4.78 is 27.9. The van der Waals surface area contributed by atoms with Crippen LogP contribution in [0.4, 0.5) is 5.69 Å². The van der Waals surface area contributed by atoms with Gasteiger partial charge in [-0.1, -0.05) is 23.7 Å². The quantitative estimate of drug-likeness (QED) is 0.759. The standard InChI is InChI=1S/C18H18ClNO5S/c1-12(17(21)20-16-8-6-15(19)7-9-16)25-18(22)14-5-3-4-13(10-14)11-26(2,23)24/h3-10,12H,11H2,1-2H3,(H,20,21). The van der Waals surface area contributed by atoms with Crippen molar-refractivity contribution < 1.29 is 22.7 Å². The number of carbonyl (C=O) groups excluding carboxylic acids is 2. The van der Waals surface area contributed by atoms with E-state index in [1.54, 1.807) is 36.4 Å². The Bertz CT molecular complexity index is 909. The van der Waals surface area contributed by atoms with Gasteiger partial charge in [0.25, 0.3) is 5.91 Å². The SMILES string of the molecule is CC(OC(=O)c1cccc(CS(C)(=O)=O)c1)C(=O)Nc1ccc(Cl)cc1. The number of carbonyl (C=O) groups is 2. The largest absolute Gasteiger partial charge is 0.449 e. The predicted molar refractivity (Wildman–Crippen MR) is 99.9 cm³/mol. The minimum Gasteiger partial charge on any atom is -0.449 e. The van der Waals surface area contributed by atoms with Gasteiger partial charge in [-0.25, -0.2) is 13.2 Å². The number of ether oxygens (including phenoxy) is 1. The average molecular weight is 396 g/mol. The Morgan fingerprint density at radius 3 is 2.42 bits per heavy atom. The number of hydrogen-bond acceptors (Lipinski definition) is 5. The lowest BCUT2D eigenvalue weighted by Gasteiger charge is -2.14. The molecule has 0 fully saturated rings. The Hall–Kier alpha value is -2.38. The van der Waals surface area contributed by atoms with Crippen molar-refractivity contribution in [2.75, 3.05) is 11.6 Å². The van der Waals surface area contributed by atoms with Gasteiger partial charge in [0.1, 0.15) is 0 Å². The van der Waals surface area contributed by atoms with Crippen molar-refractivity contribution in [3.63, 3.8) is 0 Å². The van der Waals surface area contributed by atoms with Crippen LogP contribution in [0.2, 0.25) is 5.02 Å². The van der Waals surface area contributed by atoms with Crippen molar-refractivity contribution in [2.24, 2.45) is 0 Å². The van der Waals surface area contributed by atoms with Crippen molar-refractivity contribution >= 4 is 39.0 Å². The van der Waals surface area contributed by atoms with Crippen LogP contribution >= 0.6 is 11.6 Å². The smallest absolute Gasteiger partial charge is 0.338 e. The zero-order valence-corrected chi connectivity index (χ0v) is 15.8. The summed E-state index contributed by atoms with van der Waals surface area (Å²) in [5, 5.41) is 3.15. The van der Waals surface area contributed by atoms with E-state index in [2.05, 4.69) is 5.32 Å². The summed E-state index contributed by atoms with van der Waals surface area (Å²) in [5.74, 6) is -1.38. The molecule has 26 heavy (non-hydrogen) atoms. The predicted octanol–water partition coefficient (Wildman–Crippen LogP) is 3.07. The van der Waals surface area contributed by atoms with Gasteiger partial charge in [-0.05, 0) is 48.9 Å². The molecular formula is C18H18ClNO5S. The molecule has 1 amide bonds. The second-order valence-electron chi connectivity index (χ2n) is 5.81. The molecule has 0 spiro atoms. The molecule has 0 aliphatic carbocycles. The van der Waals surface area contributed by atoms with Gasteiger partial charge < -0.3 is 10.1 Å². The van der Waals surface area contributed by atoms with Crippen LogP contribution in [0.25, 0.3) is 0 Å². The Balaban J connectivity index is 2.01. The number of nitrogens with one attached hydrogen (secondary N) is 1. The average Bonchev–Trinajstić information content (AvgIpc) is 2.55. The normalized spacial score (nSPS) is 12.3. The molecule has 2 aromatic rings. The van der Waals surface area contributed by atoms with Gasteiger partial charge in [-0.15, -0.1) is 0 Å². The van der Waals surface area contributed by atoms with E-state index in [1.807, 2.05) is 0 Å². The van der Waals surface area contributed by atoms with Crippen LogP contribution in [0.5, 0.6) is 0 Å². The van der Waals surface area contributed by atoms with Gasteiger partial charge in [-0.3, -0.25) is 4.79 Å². The Labute approximate surface area is 157 Å². The minimum absolute atomic E-state index is 0.178. The first-order chi connectivity index (χ1) is 12.1. The monoisotopic (exact) mass is 395 g/mol. The fourth-order valence-corrected chi connectivity index (χ4v) is 3.06. The third-order valence-electron chi connectivity index (χ3n) is 3.36. The number of amides is 1. The van der Waals surface area contributed by atoms with E-state index in [0.29, 0.717) is 16.3 Å². The van der Waals surface area contributed by atoms with Crippen LogP contribution in [0.1, 0.15) is 22.8 Å². The molecule has 0 aliphatic rings. The van der Waals surface area contributed by atoms with Gasteiger partial charge in [-0.2, -0.15) is 0 Å². The van der Waals surface area contributed by atoms with Crippen LogP contribution in [0.3, 0.4) is 0 Å². The third kappa shape index (κ3) is 6.16. The van der Waals surface area contributed by atoms with Crippen molar-refractivity contribution in [3.8, 4) is 0 Å². The summed E-state index contributed by atoms with van der Waals surface area (Å²) in [6.07, 6.45) is 0.0815. The molecule has 0 aliphatic heterocycles. The summed E-state index contributed by atoms with van der Waals surface area (Å²) in [7, 11) is -3.22. The third-order valence-corrected chi connectivity index (χ3v) is 4.47. The fraction of sp³-hybridized carbons (Fsp3) is 0.222. The van der Waals surface area contributed by atoms with Crippen molar-refractivity contribution in [3.05, 3.63) is 64.7 Å². The highest BCUT2D eigenvalue weighted by molar-refractivity contribution is 7.89. The van der Waals surface area contributed by atoms with Crippen molar-refractivity contribution in [1.29, 1.82) is 0 Å². The molecule has 1 N–H and O–H groups in total. The van der Waals surface area contributed by atoms with Crippen LogP contribution in [0.15, 0.2) is 48.5 Å². The molecule has 1 unspecified atom stereocenters.